The fourth-order valence-corrected chi connectivity index (χ4v) is 4.05. The van der Waals surface area contributed by atoms with Crippen LogP contribution in [0, 0.1) is 35.2 Å². The van der Waals surface area contributed by atoms with Crippen LogP contribution in [-0.2, 0) is 9.47 Å². The van der Waals surface area contributed by atoms with Crippen molar-refractivity contribution in [2.75, 3.05) is 13.2 Å². The first-order valence-corrected chi connectivity index (χ1v) is 8.96. The van der Waals surface area contributed by atoms with E-state index >= 15 is 0 Å². The summed E-state index contributed by atoms with van der Waals surface area (Å²) in [6.07, 6.45) is 6.69. The first-order chi connectivity index (χ1) is 11.6. The minimum Gasteiger partial charge on any atom is -0.348 e. The molecule has 0 unspecified atom stereocenters. The van der Waals surface area contributed by atoms with Gasteiger partial charge in [0.25, 0.3) is 0 Å². The Labute approximate surface area is 141 Å². The monoisotopic (exact) mass is 342 g/mol. The molecule has 2 fully saturated rings. The predicted molar refractivity (Wildman–Crippen MR) is 84.8 cm³/mol. The molecule has 1 heterocycles. The Bertz CT molecular complexity index is 525. The molecule has 0 aromatic heterocycles. The Hall–Kier alpha value is -1.07. The van der Waals surface area contributed by atoms with Crippen LogP contribution in [0.5, 0.6) is 0 Å². The standard InChI is InChI=1S/C19H25F3O2/c1-2-3-12-4-6-13(7-5-12)15-10-23-19(24-11-15)14-8-16(20)18(22)17(21)9-14/h8-9,12-13,15,19H,2-7,10-11H2,1H3. The number of rotatable bonds is 4. The van der Waals surface area contributed by atoms with Gasteiger partial charge < -0.3 is 9.47 Å². The molecule has 1 saturated carbocycles. The second-order valence-electron chi connectivity index (χ2n) is 7.13. The maximum atomic E-state index is 13.3. The number of benzene rings is 1. The van der Waals surface area contributed by atoms with Crippen molar-refractivity contribution in [3.05, 3.63) is 35.1 Å². The largest absolute Gasteiger partial charge is 0.348 e. The zero-order chi connectivity index (χ0) is 17.1. The highest BCUT2D eigenvalue weighted by Crippen LogP contribution is 2.38. The minimum absolute atomic E-state index is 0.191. The summed E-state index contributed by atoms with van der Waals surface area (Å²) in [4.78, 5) is 0. The maximum Gasteiger partial charge on any atom is 0.194 e. The minimum atomic E-state index is -1.46. The molecule has 0 radical (unpaired) electrons. The van der Waals surface area contributed by atoms with E-state index in [1.807, 2.05) is 0 Å². The molecule has 24 heavy (non-hydrogen) atoms. The third kappa shape index (κ3) is 3.94. The van der Waals surface area contributed by atoms with Gasteiger partial charge in [0, 0.05) is 11.5 Å². The van der Waals surface area contributed by atoms with Gasteiger partial charge in [-0.25, -0.2) is 13.2 Å². The topological polar surface area (TPSA) is 18.5 Å². The summed E-state index contributed by atoms with van der Waals surface area (Å²) in [6.45, 7) is 3.28. The lowest BCUT2D eigenvalue weighted by Gasteiger charge is -2.37. The first-order valence-electron chi connectivity index (χ1n) is 8.96. The van der Waals surface area contributed by atoms with Crippen LogP contribution in [0.2, 0.25) is 0 Å². The summed E-state index contributed by atoms with van der Waals surface area (Å²) in [5.41, 5.74) is 0.191. The van der Waals surface area contributed by atoms with Crippen molar-refractivity contribution in [1.82, 2.24) is 0 Å². The molecule has 5 heteroatoms. The summed E-state index contributed by atoms with van der Waals surface area (Å²) in [5, 5.41) is 0. The molecule has 0 atom stereocenters. The second kappa shape index (κ2) is 7.87. The Kier molecular flexibility index (Phi) is 5.82. The van der Waals surface area contributed by atoms with Crippen molar-refractivity contribution in [3.8, 4) is 0 Å². The lowest BCUT2D eigenvalue weighted by molar-refractivity contribution is -0.215. The molecule has 1 aromatic rings. The zero-order valence-corrected chi connectivity index (χ0v) is 14.1. The lowest BCUT2D eigenvalue weighted by Crippen LogP contribution is -2.34. The number of hydrogen-bond acceptors (Lipinski definition) is 2. The van der Waals surface area contributed by atoms with Gasteiger partial charge in [0.05, 0.1) is 13.2 Å². The van der Waals surface area contributed by atoms with Gasteiger partial charge in [-0.2, -0.15) is 0 Å². The third-order valence-electron chi connectivity index (χ3n) is 5.46. The van der Waals surface area contributed by atoms with E-state index in [1.54, 1.807) is 0 Å². The zero-order valence-electron chi connectivity index (χ0n) is 14.1. The number of hydrogen-bond donors (Lipinski definition) is 0. The SMILES string of the molecule is CCCC1CCC(C2COC(c3cc(F)c(F)c(F)c3)OC2)CC1. The van der Waals surface area contributed by atoms with Crippen LogP contribution in [0.3, 0.4) is 0 Å². The van der Waals surface area contributed by atoms with Gasteiger partial charge >= 0.3 is 0 Å². The quantitative estimate of drug-likeness (QED) is 0.685. The number of halogens is 3. The molecule has 1 aliphatic carbocycles. The van der Waals surface area contributed by atoms with E-state index in [0.29, 0.717) is 25.0 Å². The average Bonchev–Trinajstić information content (AvgIpc) is 2.60. The highest BCUT2D eigenvalue weighted by Gasteiger charge is 2.32. The van der Waals surface area contributed by atoms with Crippen LogP contribution >= 0.6 is 0 Å². The van der Waals surface area contributed by atoms with E-state index in [2.05, 4.69) is 6.92 Å². The van der Waals surface area contributed by atoms with Crippen molar-refractivity contribution in [2.24, 2.45) is 17.8 Å². The molecular formula is C19H25F3O2. The van der Waals surface area contributed by atoms with E-state index in [0.717, 1.165) is 18.1 Å². The summed E-state index contributed by atoms with van der Waals surface area (Å²) in [5.74, 6) is -2.10. The van der Waals surface area contributed by atoms with Crippen molar-refractivity contribution in [1.29, 1.82) is 0 Å². The molecule has 2 nitrogen and oxygen atoms in total. The van der Waals surface area contributed by atoms with Gasteiger partial charge in [-0.1, -0.05) is 32.6 Å². The van der Waals surface area contributed by atoms with Crippen LogP contribution in [0.1, 0.15) is 57.3 Å². The molecule has 0 amide bonds. The molecular weight excluding hydrogens is 317 g/mol. The van der Waals surface area contributed by atoms with Crippen LogP contribution in [-0.4, -0.2) is 13.2 Å². The Morgan fingerprint density at radius 1 is 0.917 bits per heavy atom. The van der Waals surface area contributed by atoms with Gasteiger partial charge in [0.2, 0.25) is 0 Å². The maximum absolute atomic E-state index is 13.3. The fourth-order valence-electron chi connectivity index (χ4n) is 4.05. The van der Waals surface area contributed by atoms with E-state index in [-0.39, 0.29) is 5.56 Å². The smallest absolute Gasteiger partial charge is 0.194 e. The molecule has 2 aliphatic rings. The van der Waals surface area contributed by atoms with Crippen LogP contribution < -0.4 is 0 Å². The van der Waals surface area contributed by atoms with Gasteiger partial charge in [-0.05, 0) is 36.8 Å². The lowest BCUT2D eigenvalue weighted by atomic mass is 9.75. The molecule has 3 rings (SSSR count). The summed E-state index contributed by atoms with van der Waals surface area (Å²) >= 11 is 0. The third-order valence-corrected chi connectivity index (χ3v) is 5.46. The van der Waals surface area contributed by atoms with E-state index < -0.39 is 23.7 Å². The van der Waals surface area contributed by atoms with Crippen molar-refractivity contribution in [2.45, 2.75) is 51.7 Å². The highest BCUT2D eigenvalue weighted by atomic mass is 19.2. The van der Waals surface area contributed by atoms with E-state index in [9.17, 15) is 13.2 Å². The fraction of sp³-hybridized carbons (Fsp3) is 0.684. The highest BCUT2D eigenvalue weighted by molar-refractivity contribution is 5.20. The van der Waals surface area contributed by atoms with Gasteiger partial charge in [0.15, 0.2) is 23.7 Å². The molecule has 134 valence electrons. The molecule has 0 N–H and O–H groups in total. The Balaban J connectivity index is 1.53. The second-order valence-corrected chi connectivity index (χ2v) is 7.13. The summed E-state index contributed by atoms with van der Waals surface area (Å²) in [7, 11) is 0. The Morgan fingerprint density at radius 2 is 1.50 bits per heavy atom. The molecule has 1 saturated heterocycles. The number of ether oxygens (including phenoxy) is 2. The molecule has 1 aliphatic heterocycles. The van der Waals surface area contributed by atoms with Gasteiger partial charge in [-0.15, -0.1) is 0 Å². The average molecular weight is 342 g/mol. The van der Waals surface area contributed by atoms with Gasteiger partial charge in [-0.3, -0.25) is 0 Å². The normalized spacial score (nSPS) is 31.2. The first kappa shape index (κ1) is 17.7. The summed E-state index contributed by atoms with van der Waals surface area (Å²) < 4.78 is 51.1. The van der Waals surface area contributed by atoms with Crippen LogP contribution in [0.4, 0.5) is 13.2 Å². The van der Waals surface area contributed by atoms with Crippen molar-refractivity contribution >= 4 is 0 Å². The van der Waals surface area contributed by atoms with Gasteiger partial charge in [0.1, 0.15) is 0 Å². The Morgan fingerprint density at radius 3 is 2.04 bits per heavy atom. The van der Waals surface area contributed by atoms with Crippen molar-refractivity contribution in [3.63, 3.8) is 0 Å². The van der Waals surface area contributed by atoms with Crippen molar-refractivity contribution < 1.29 is 22.6 Å². The van der Waals surface area contributed by atoms with Crippen LogP contribution in [0.15, 0.2) is 12.1 Å². The van der Waals surface area contributed by atoms with E-state index in [1.165, 1.54) is 38.5 Å². The van der Waals surface area contributed by atoms with Crippen LogP contribution in [0.25, 0.3) is 0 Å². The molecule has 0 spiro atoms. The predicted octanol–water partition coefficient (Wildman–Crippen LogP) is 5.37. The molecule has 1 aromatic carbocycles. The molecule has 0 bridgehead atoms. The van der Waals surface area contributed by atoms with E-state index in [4.69, 9.17) is 9.47 Å². The summed E-state index contributed by atoms with van der Waals surface area (Å²) in [6, 6.07) is 1.89.